The molecule has 2 fully saturated rings. The van der Waals surface area contributed by atoms with Gasteiger partial charge in [-0.2, -0.15) is 0 Å². The molecule has 1 aliphatic heterocycles. The monoisotopic (exact) mass is 290 g/mol. The highest BCUT2D eigenvalue weighted by atomic mass is 16.5. The Bertz CT molecular complexity index is 497. The van der Waals surface area contributed by atoms with Crippen LogP contribution in [0, 0.1) is 11.8 Å². The molecule has 1 saturated heterocycles. The van der Waals surface area contributed by atoms with E-state index in [0.717, 1.165) is 38.4 Å². The summed E-state index contributed by atoms with van der Waals surface area (Å²) in [5.74, 6) is 2.59. The minimum absolute atomic E-state index is 0.279. The van der Waals surface area contributed by atoms with Crippen LogP contribution in [0.25, 0.3) is 0 Å². The van der Waals surface area contributed by atoms with Crippen LogP contribution in [-0.2, 0) is 4.79 Å². The van der Waals surface area contributed by atoms with Crippen LogP contribution >= 0.6 is 0 Å². The molecule has 1 aromatic heterocycles. The van der Waals surface area contributed by atoms with Crippen molar-refractivity contribution in [2.24, 2.45) is 11.8 Å². The largest absolute Gasteiger partial charge is 0.477 e. The summed E-state index contributed by atoms with van der Waals surface area (Å²) in [7, 11) is 0. The Morgan fingerprint density at radius 2 is 2.00 bits per heavy atom. The summed E-state index contributed by atoms with van der Waals surface area (Å²) in [4.78, 5) is 16.4. The highest BCUT2D eigenvalue weighted by molar-refractivity contribution is 5.81. The Morgan fingerprint density at radius 1 is 1.29 bits per heavy atom. The predicted octanol–water partition coefficient (Wildman–Crippen LogP) is 1.18. The van der Waals surface area contributed by atoms with Crippen LogP contribution in [0.1, 0.15) is 20.3 Å². The highest BCUT2D eigenvalue weighted by Crippen LogP contribution is 2.39. The molecule has 114 valence electrons. The van der Waals surface area contributed by atoms with Gasteiger partial charge in [-0.3, -0.25) is 4.79 Å². The lowest BCUT2D eigenvalue weighted by Crippen LogP contribution is -2.49. The van der Waals surface area contributed by atoms with Gasteiger partial charge in [0, 0.05) is 38.2 Å². The molecule has 1 amide bonds. The van der Waals surface area contributed by atoms with Crippen molar-refractivity contribution in [3.05, 3.63) is 12.1 Å². The summed E-state index contributed by atoms with van der Waals surface area (Å²) in [5, 5.41) is 8.25. The number of hydrogen-bond acceptors (Lipinski definition) is 5. The third kappa shape index (κ3) is 3.09. The highest BCUT2D eigenvalue weighted by Gasteiger charge is 2.41. The lowest BCUT2D eigenvalue weighted by atomic mass is 10.2. The van der Waals surface area contributed by atoms with Crippen molar-refractivity contribution in [3.63, 3.8) is 0 Å². The molecule has 6 heteroatoms. The van der Waals surface area contributed by atoms with E-state index in [2.05, 4.69) is 22.0 Å². The Morgan fingerprint density at radius 3 is 2.52 bits per heavy atom. The second-order valence-electron chi connectivity index (χ2n) is 5.79. The molecule has 2 heterocycles. The Balaban J connectivity index is 1.54. The third-order valence-electron chi connectivity index (χ3n) is 4.26. The molecule has 1 aliphatic carbocycles. The lowest BCUT2D eigenvalue weighted by Gasteiger charge is -2.35. The van der Waals surface area contributed by atoms with Gasteiger partial charge in [-0.05, 0) is 25.3 Å². The second-order valence-corrected chi connectivity index (χ2v) is 5.79. The summed E-state index contributed by atoms with van der Waals surface area (Å²) >= 11 is 0. The summed E-state index contributed by atoms with van der Waals surface area (Å²) in [5.41, 5.74) is 0. The van der Waals surface area contributed by atoms with Crippen LogP contribution in [0.3, 0.4) is 0 Å². The molecule has 21 heavy (non-hydrogen) atoms. The zero-order valence-corrected chi connectivity index (χ0v) is 12.7. The summed E-state index contributed by atoms with van der Waals surface area (Å²) in [6.45, 7) is 7.84. The molecule has 2 atom stereocenters. The van der Waals surface area contributed by atoms with E-state index in [1.165, 1.54) is 0 Å². The van der Waals surface area contributed by atoms with Crippen LogP contribution in [0.5, 0.6) is 5.88 Å². The van der Waals surface area contributed by atoms with E-state index >= 15 is 0 Å². The van der Waals surface area contributed by atoms with E-state index in [9.17, 15) is 4.79 Å². The Kier molecular flexibility index (Phi) is 3.94. The maximum atomic E-state index is 12.2. The Labute approximate surface area is 125 Å². The van der Waals surface area contributed by atoms with Gasteiger partial charge >= 0.3 is 0 Å². The maximum absolute atomic E-state index is 12.2. The van der Waals surface area contributed by atoms with E-state index in [4.69, 9.17) is 4.74 Å². The van der Waals surface area contributed by atoms with Gasteiger partial charge in [0.2, 0.25) is 11.8 Å². The fraction of sp³-hybridized carbons (Fsp3) is 0.667. The summed E-state index contributed by atoms with van der Waals surface area (Å²) in [6.07, 6.45) is 1.06. The fourth-order valence-electron chi connectivity index (χ4n) is 2.76. The number of anilines is 1. The lowest BCUT2D eigenvalue weighted by molar-refractivity contribution is -0.133. The normalized spacial score (nSPS) is 24.9. The van der Waals surface area contributed by atoms with Crippen molar-refractivity contribution in [1.82, 2.24) is 15.1 Å². The number of rotatable bonds is 4. The maximum Gasteiger partial charge on any atom is 0.233 e. The van der Waals surface area contributed by atoms with Gasteiger partial charge in [0.05, 0.1) is 6.61 Å². The van der Waals surface area contributed by atoms with Gasteiger partial charge in [-0.25, -0.2) is 0 Å². The van der Waals surface area contributed by atoms with E-state index in [-0.39, 0.29) is 5.92 Å². The van der Waals surface area contributed by atoms with Crippen LogP contribution in [-0.4, -0.2) is 53.8 Å². The SMILES string of the molecule is CCOc1ccc(N2CCN(C(=O)[C@@H]3C[C@H]3C)CC2)nn1. The summed E-state index contributed by atoms with van der Waals surface area (Å²) < 4.78 is 5.29. The summed E-state index contributed by atoms with van der Waals surface area (Å²) in [6, 6.07) is 3.77. The second kappa shape index (κ2) is 5.87. The van der Waals surface area contributed by atoms with E-state index in [1.54, 1.807) is 0 Å². The average molecular weight is 290 g/mol. The number of hydrogen-bond donors (Lipinski definition) is 0. The topological polar surface area (TPSA) is 58.6 Å². The molecule has 0 aromatic carbocycles. The number of amides is 1. The average Bonchev–Trinajstić information content (AvgIpc) is 3.25. The van der Waals surface area contributed by atoms with Crippen LogP contribution in [0.4, 0.5) is 5.82 Å². The van der Waals surface area contributed by atoms with Gasteiger partial charge in [0.1, 0.15) is 0 Å². The van der Waals surface area contributed by atoms with E-state index in [1.807, 2.05) is 24.0 Å². The molecular formula is C15H22N4O2. The van der Waals surface area contributed by atoms with Crippen molar-refractivity contribution in [3.8, 4) is 5.88 Å². The van der Waals surface area contributed by atoms with Crippen molar-refractivity contribution in [2.45, 2.75) is 20.3 Å². The minimum Gasteiger partial charge on any atom is -0.477 e. The van der Waals surface area contributed by atoms with Gasteiger partial charge in [-0.1, -0.05) is 6.92 Å². The molecule has 1 saturated carbocycles. The smallest absolute Gasteiger partial charge is 0.233 e. The number of nitrogens with zero attached hydrogens (tertiary/aromatic N) is 4. The van der Waals surface area contributed by atoms with Crippen molar-refractivity contribution >= 4 is 11.7 Å². The molecule has 0 unspecified atom stereocenters. The van der Waals surface area contributed by atoms with E-state index < -0.39 is 0 Å². The van der Waals surface area contributed by atoms with Crippen molar-refractivity contribution < 1.29 is 9.53 Å². The number of carbonyl (C=O) groups is 1. The quantitative estimate of drug-likeness (QED) is 0.833. The third-order valence-corrected chi connectivity index (χ3v) is 4.26. The molecule has 0 bridgehead atoms. The van der Waals surface area contributed by atoms with Crippen LogP contribution in [0.15, 0.2) is 12.1 Å². The predicted molar refractivity (Wildman–Crippen MR) is 79.3 cm³/mol. The molecule has 0 N–H and O–H groups in total. The number of ether oxygens (including phenoxy) is 1. The molecule has 0 radical (unpaired) electrons. The molecule has 2 aliphatic rings. The Hall–Kier alpha value is -1.85. The first-order valence-electron chi connectivity index (χ1n) is 7.69. The fourth-order valence-corrected chi connectivity index (χ4v) is 2.76. The van der Waals surface area contributed by atoms with Gasteiger partial charge in [0.15, 0.2) is 5.82 Å². The van der Waals surface area contributed by atoms with Gasteiger partial charge in [-0.15, -0.1) is 10.2 Å². The standard InChI is InChI=1S/C15H22N4O2/c1-3-21-14-5-4-13(16-17-14)18-6-8-19(9-7-18)15(20)12-10-11(12)2/h4-5,11-12H,3,6-10H2,1-2H3/t11-,12-/m1/s1. The van der Waals surface area contributed by atoms with E-state index in [0.29, 0.717) is 24.3 Å². The molecule has 6 nitrogen and oxygen atoms in total. The minimum atomic E-state index is 0.279. The number of carbonyl (C=O) groups excluding carboxylic acids is 1. The number of piperazine rings is 1. The molecule has 3 rings (SSSR count). The molecule has 1 aromatic rings. The first kappa shape index (κ1) is 14.1. The van der Waals surface area contributed by atoms with Crippen LogP contribution < -0.4 is 9.64 Å². The number of aromatic nitrogens is 2. The first-order chi connectivity index (χ1) is 10.2. The zero-order valence-electron chi connectivity index (χ0n) is 12.7. The van der Waals surface area contributed by atoms with Crippen LogP contribution in [0.2, 0.25) is 0 Å². The molecule has 0 spiro atoms. The molecular weight excluding hydrogens is 268 g/mol. The van der Waals surface area contributed by atoms with Gasteiger partial charge < -0.3 is 14.5 Å². The van der Waals surface area contributed by atoms with Crippen molar-refractivity contribution in [1.29, 1.82) is 0 Å². The van der Waals surface area contributed by atoms with Gasteiger partial charge in [0.25, 0.3) is 0 Å². The first-order valence-corrected chi connectivity index (χ1v) is 7.69. The zero-order chi connectivity index (χ0) is 14.8. The van der Waals surface area contributed by atoms with Crippen molar-refractivity contribution in [2.75, 3.05) is 37.7 Å².